The van der Waals surface area contributed by atoms with Crippen LogP contribution in [-0.4, -0.2) is 13.4 Å². The van der Waals surface area contributed by atoms with E-state index in [1.807, 2.05) is 6.92 Å². The SMILES string of the molecule is Cc1cc(NS(=O)(=O)c2ccc(CN)s2)ncc1Br. The summed E-state index contributed by atoms with van der Waals surface area (Å²) in [5.74, 6) is 0.295. The molecule has 8 heteroatoms. The van der Waals surface area contributed by atoms with Crippen LogP contribution in [0.5, 0.6) is 0 Å². The van der Waals surface area contributed by atoms with Crippen LogP contribution in [0.2, 0.25) is 0 Å². The average Bonchev–Trinajstić information content (AvgIpc) is 2.83. The van der Waals surface area contributed by atoms with Crippen LogP contribution in [0, 0.1) is 6.92 Å². The Morgan fingerprint density at radius 1 is 1.47 bits per heavy atom. The number of anilines is 1. The normalized spacial score (nSPS) is 11.5. The molecule has 0 unspecified atom stereocenters. The summed E-state index contributed by atoms with van der Waals surface area (Å²) < 4.78 is 27.8. The Labute approximate surface area is 124 Å². The molecule has 0 radical (unpaired) electrons. The van der Waals surface area contributed by atoms with E-state index < -0.39 is 10.0 Å². The molecule has 0 aliphatic heterocycles. The molecule has 0 atom stereocenters. The van der Waals surface area contributed by atoms with Crippen LogP contribution in [-0.2, 0) is 16.6 Å². The summed E-state index contributed by atoms with van der Waals surface area (Å²) in [4.78, 5) is 4.84. The molecule has 0 saturated carbocycles. The maximum absolute atomic E-state index is 12.1. The van der Waals surface area contributed by atoms with E-state index in [0.717, 1.165) is 26.3 Å². The first-order valence-electron chi connectivity index (χ1n) is 5.36. The number of thiophene rings is 1. The number of hydrogen-bond acceptors (Lipinski definition) is 5. The van der Waals surface area contributed by atoms with E-state index in [2.05, 4.69) is 25.6 Å². The highest BCUT2D eigenvalue weighted by Gasteiger charge is 2.17. The molecule has 0 bridgehead atoms. The second kappa shape index (κ2) is 5.58. The molecule has 0 amide bonds. The van der Waals surface area contributed by atoms with Crippen molar-refractivity contribution in [3.63, 3.8) is 0 Å². The number of rotatable bonds is 4. The Balaban J connectivity index is 2.28. The zero-order chi connectivity index (χ0) is 14.0. The third-order valence-corrected chi connectivity index (χ3v) is 6.17. The van der Waals surface area contributed by atoms with Gasteiger partial charge in [0.2, 0.25) is 0 Å². The van der Waals surface area contributed by atoms with Crippen molar-refractivity contribution in [1.82, 2.24) is 4.98 Å². The van der Waals surface area contributed by atoms with Crippen molar-refractivity contribution in [3.05, 3.63) is 39.3 Å². The van der Waals surface area contributed by atoms with Crippen molar-refractivity contribution < 1.29 is 8.42 Å². The molecule has 0 aliphatic carbocycles. The fourth-order valence-electron chi connectivity index (χ4n) is 1.40. The van der Waals surface area contributed by atoms with E-state index in [1.54, 1.807) is 24.4 Å². The highest BCUT2D eigenvalue weighted by atomic mass is 79.9. The maximum atomic E-state index is 12.1. The van der Waals surface area contributed by atoms with E-state index in [0.29, 0.717) is 12.4 Å². The van der Waals surface area contributed by atoms with E-state index in [4.69, 9.17) is 5.73 Å². The fraction of sp³-hybridized carbons (Fsp3) is 0.182. The van der Waals surface area contributed by atoms with Crippen molar-refractivity contribution in [2.45, 2.75) is 17.7 Å². The Morgan fingerprint density at radius 3 is 2.79 bits per heavy atom. The number of aromatic nitrogens is 1. The van der Waals surface area contributed by atoms with Crippen molar-refractivity contribution in [2.24, 2.45) is 5.73 Å². The average molecular weight is 362 g/mol. The van der Waals surface area contributed by atoms with E-state index in [-0.39, 0.29) is 4.21 Å². The highest BCUT2D eigenvalue weighted by Crippen LogP contribution is 2.24. The number of sulfonamides is 1. The van der Waals surface area contributed by atoms with Gasteiger partial charge >= 0.3 is 0 Å². The molecule has 0 aromatic carbocycles. The molecule has 0 spiro atoms. The third-order valence-electron chi connectivity index (χ3n) is 2.39. The molecular formula is C11H12BrN3O2S2. The van der Waals surface area contributed by atoms with E-state index >= 15 is 0 Å². The van der Waals surface area contributed by atoms with Gasteiger partial charge in [-0.2, -0.15) is 0 Å². The molecule has 19 heavy (non-hydrogen) atoms. The van der Waals surface area contributed by atoms with Crippen molar-refractivity contribution in [1.29, 1.82) is 0 Å². The maximum Gasteiger partial charge on any atom is 0.272 e. The smallest absolute Gasteiger partial charge is 0.272 e. The standard InChI is InChI=1S/C11H12BrN3O2S2/c1-7-4-10(14-6-9(7)12)15-19(16,17)11-3-2-8(5-13)18-11/h2-4,6H,5,13H2,1H3,(H,14,15). The lowest BCUT2D eigenvalue weighted by Crippen LogP contribution is -2.12. The number of pyridine rings is 1. The fourth-order valence-corrected chi connectivity index (χ4v) is 3.85. The van der Waals surface area contributed by atoms with Crippen molar-refractivity contribution in [2.75, 3.05) is 4.72 Å². The Kier molecular flexibility index (Phi) is 4.24. The second-order valence-electron chi connectivity index (χ2n) is 3.85. The van der Waals surface area contributed by atoms with Gasteiger partial charge in [-0.05, 0) is 46.6 Å². The number of nitrogens with zero attached hydrogens (tertiary/aromatic N) is 1. The number of hydrogen-bond donors (Lipinski definition) is 2. The molecule has 0 saturated heterocycles. The molecule has 102 valence electrons. The van der Waals surface area contributed by atoms with Crippen molar-refractivity contribution in [3.8, 4) is 0 Å². The summed E-state index contributed by atoms with van der Waals surface area (Å²) >= 11 is 4.47. The van der Waals surface area contributed by atoms with Gasteiger partial charge in [-0.1, -0.05) is 0 Å². The topological polar surface area (TPSA) is 85.1 Å². The van der Waals surface area contributed by atoms with Crippen LogP contribution < -0.4 is 10.5 Å². The Morgan fingerprint density at radius 2 is 2.21 bits per heavy atom. The first-order valence-corrected chi connectivity index (χ1v) is 8.45. The largest absolute Gasteiger partial charge is 0.326 e. The van der Waals surface area contributed by atoms with Crippen LogP contribution in [0.1, 0.15) is 10.4 Å². The van der Waals surface area contributed by atoms with Gasteiger partial charge in [-0.15, -0.1) is 11.3 Å². The predicted molar refractivity (Wildman–Crippen MR) is 79.7 cm³/mol. The van der Waals surface area contributed by atoms with Crippen LogP contribution in [0.15, 0.2) is 33.1 Å². The molecule has 3 N–H and O–H groups in total. The molecule has 0 aliphatic rings. The van der Waals surface area contributed by atoms with E-state index in [1.165, 1.54) is 0 Å². The molecular weight excluding hydrogens is 350 g/mol. The first kappa shape index (κ1) is 14.4. The summed E-state index contributed by atoms with van der Waals surface area (Å²) in [6.45, 7) is 2.19. The van der Waals surface area contributed by atoms with Crippen LogP contribution in [0.4, 0.5) is 5.82 Å². The lowest BCUT2D eigenvalue weighted by atomic mass is 10.3. The number of nitrogens with one attached hydrogen (secondary N) is 1. The monoisotopic (exact) mass is 361 g/mol. The summed E-state index contributed by atoms with van der Waals surface area (Å²) in [6.07, 6.45) is 1.56. The van der Waals surface area contributed by atoms with Gasteiger partial charge in [0.05, 0.1) is 0 Å². The lowest BCUT2D eigenvalue weighted by molar-refractivity contribution is 0.603. The van der Waals surface area contributed by atoms with Gasteiger partial charge in [-0.25, -0.2) is 13.4 Å². The van der Waals surface area contributed by atoms with Gasteiger partial charge in [-0.3, -0.25) is 4.72 Å². The van der Waals surface area contributed by atoms with Gasteiger partial charge in [0.25, 0.3) is 10.0 Å². The van der Waals surface area contributed by atoms with Gasteiger partial charge in [0, 0.05) is 22.1 Å². The lowest BCUT2D eigenvalue weighted by Gasteiger charge is -2.06. The van der Waals surface area contributed by atoms with E-state index in [9.17, 15) is 8.42 Å². The van der Waals surface area contributed by atoms with Crippen LogP contribution in [0.25, 0.3) is 0 Å². The first-order chi connectivity index (χ1) is 8.92. The summed E-state index contributed by atoms with van der Waals surface area (Å²) in [5, 5.41) is 0. The van der Waals surface area contributed by atoms with Gasteiger partial charge in [0.15, 0.2) is 0 Å². The summed E-state index contributed by atoms with van der Waals surface area (Å²) in [6, 6.07) is 4.92. The van der Waals surface area contributed by atoms with Gasteiger partial charge < -0.3 is 5.73 Å². The molecule has 2 heterocycles. The summed E-state index contributed by atoms with van der Waals surface area (Å²) in [5.41, 5.74) is 6.38. The quantitative estimate of drug-likeness (QED) is 0.875. The zero-order valence-electron chi connectivity index (χ0n) is 10.1. The summed E-state index contributed by atoms with van der Waals surface area (Å²) in [7, 11) is -3.60. The minimum absolute atomic E-state index is 0.232. The number of halogens is 1. The molecule has 2 rings (SSSR count). The van der Waals surface area contributed by atoms with Gasteiger partial charge in [0.1, 0.15) is 10.0 Å². The molecule has 5 nitrogen and oxygen atoms in total. The Hall–Kier alpha value is -0.960. The minimum atomic E-state index is -3.60. The second-order valence-corrected chi connectivity index (χ2v) is 7.78. The van der Waals surface area contributed by atoms with Crippen LogP contribution >= 0.6 is 27.3 Å². The molecule has 0 fully saturated rings. The predicted octanol–water partition coefficient (Wildman–Crippen LogP) is 2.47. The zero-order valence-corrected chi connectivity index (χ0v) is 13.3. The highest BCUT2D eigenvalue weighted by molar-refractivity contribution is 9.10. The third kappa shape index (κ3) is 3.33. The molecule has 2 aromatic rings. The number of aryl methyl sites for hydroxylation is 1. The van der Waals surface area contributed by atoms with Crippen LogP contribution in [0.3, 0.4) is 0 Å². The minimum Gasteiger partial charge on any atom is -0.326 e. The molecule has 2 aromatic heterocycles. The number of nitrogens with two attached hydrogens (primary N) is 1. The van der Waals surface area contributed by atoms with Crippen molar-refractivity contribution >= 4 is 43.1 Å². The Bertz CT molecular complexity index is 698.